The van der Waals surface area contributed by atoms with Crippen LogP contribution in [0.4, 0.5) is 0 Å². The fourth-order valence-corrected chi connectivity index (χ4v) is 3.10. The monoisotopic (exact) mass is 257 g/mol. The van der Waals surface area contributed by atoms with E-state index in [1.165, 1.54) is 38.5 Å². The van der Waals surface area contributed by atoms with Crippen molar-refractivity contribution >= 4 is 17.5 Å². The largest absolute Gasteiger partial charge is 0.339 e. The van der Waals surface area contributed by atoms with Gasteiger partial charge in [0.25, 0.3) is 0 Å². The Morgan fingerprint density at radius 3 is 2.29 bits per heavy atom. The Hall–Kier alpha value is -0.240. The Kier molecular flexibility index (Phi) is 5.15. The molecule has 0 aliphatic heterocycles. The van der Waals surface area contributed by atoms with E-state index >= 15 is 0 Å². The van der Waals surface area contributed by atoms with E-state index in [1.807, 2.05) is 0 Å². The van der Waals surface area contributed by atoms with Crippen LogP contribution in [0.25, 0.3) is 0 Å². The molecule has 17 heavy (non-hydrogen) atoms. The fourth-order valence-electron chi connectivity index (χ4n) is 2.99. The SMILES string of the molecule is O=C(C1CCCCC1)N(CCCCl)C1CCC1. The van der Waals surface area contributed by atoms with Gasteiger partial charge in [0.15, 0.2) is 0 Å². The number of hydrogen-bond acceptors (Lipinski definition) is 1. The third-order valence-electron chi connectivity index (χ3n) is 4.29. The summed E-state index contributed by atoms with van der Waals surface area (Å²) in [7, 11) is 0. The standard InChI is InChI=1S/C14H24ClNO/c15-10-5-11-16(13-8-4-9-13)14(17)12-6-2-1-3-7-12/h12-13H,1-11H2. The van der Waals surface area contributed by atoms with Gasteiger partial charge < -0.3 is 4.90 Å². The van der Waals surface area contributed by atoms with Crippen LogP contribution in [0.5, 0.6) is 0 Å². The summed E-state index contributed by atoms with van der Waals surface area (Å²) in [5.41, 5.74) is 0. The van der Waals surface area contributed by atoms with Crippen molar-refractivity contribution in [1.29, 1.82) is 0 Å². The van der Waals surface area contributed by atoms with Gasteiger partial charge in [-0.05, 0) is 38.5 Å². The first-order valence-corrected chi connectivity index (χ1v) is 7.73. The number of halogens is 1. The van der Waals surface area contributed by atoms with E-state index in [2.05, 4.69) is 4.90 Å². The quantitative estimate of drug-likeness (QED) is 0.690. The molecule has 2 aliphatic rings. The molecule has 0 radical (unpaired) electrons. The minimum Gasteiger partial charge on any atom is -0.339 e. The van der Waals surface area contributed by atoms with Gasteiger partial charge in [-0.2, -0.15) is 0 Å². The van der Waals surface area contributed by atoms with Gasteiger partial charge in [-0.15, -0.1) is 11.6 Å². The molecule has 0 aromatic rings. The van der Waals surface area contributed by atoms with E-state index in [4.69, 9.17) is 11.6 Å². The molecule has 0 aromatic carbocycles. The molecule has 2 rings (SSSR count). The summed E-state index contributed by atoms with van der Waals surface area (Å²) in [6.07, 6.45) is 10.7. The van der Waals surface area contributed by atoms with Crippen LogP contribution >= 0.6 is 11.6 Å². The molecule has 0 unspecified atom stereocenters. The lowest BCUT2D eigenvalue weighted by atomic mass is 9.85. The first kappa shape index (κ1) is 13.2. The third-order valence-corrected chi connectivity index (χ3v) is 4.55. The summed E-state index contributed by atoms with van der Waals surface area (Å²) < 4.78 is 0. The normalized spacial score (nSPS) is 22.2. The minimum absolute atomic E-state index is 0.319. The molecular formula is C14H24ClNO. The number of nitrogens with zero attached hydrogens (tertiary/aromatic N) is 1. The van der Waals surface area contributed by atoms with Crippen LogP contribution in [0.2, 0.25) is 0 Å². The van der Waals surface area contributed by atoms with Gasteiger partial charge in [0.2, 0.25) is 5.91 Å². The highest BCUT2D eigenvalue weighted by Gasteiger charge is 2.32. The first-order valence-electron chi connectivity index (χ1n) is 7.19. The molecule has 2 saturated carbocycles. The van der Waals surface area contributed by atoms with Crippen molar-refractivity contribution in [2.75, 3.05) is 12.4 Å². The Morgan fingerprint density at radius 1 is 1.06 bits per heavy atom. The van der Waals surface area contributed by atoms with E-state index in [1.54, 1.807) is 0 Å². The Balaban J connectivity index is 1.90. The Bertz CT molecular complexity index is 247. The summed E-state index contributed by atoms with van der Waals surface area (Å²) in [5.74, 6) is 1.42. The number of carbonyl (C=O) groups is 1. The van der Waals surface area contributed by atoms with E-state index in [0.29, 0.717) is 23.7 Å². The molecule has 0 heterocycles. The van der Waals surface area contributed by atoms with E-state index in [0.717, 1.165) is 25.8 Å². The second-order valence-electron chi connectivity index (χ2n) is 5.49. The summed E-state index contributed by atoms with van der Waals surface area (Å²) in [5, 5.41) is 0. The number of alkyl halides is 1. The summed E-state index contributed by atoms with van der Waals surface area (Å²) in [6.45, 7) is 0.878. The van der Waals surface area contributed by atoms with E-state index < -0.39 is 0 Å². The lowest BCUT2D eigenvalue weighted by molar-refractivity contribution is -0.140. The average molecular weight is 258 g/mol. The highest BCUT2D eigenvalue weighted by molar-refractivity contribution is 6.17. The zero-order valence-corrected chi connectivity index (χ0v) is 11.4. The number of amides is 1. The summed E-state index contributed by atoms with van der Waals surface area (Å²) >= 11 is 5.76. The van der Waals surface area contributed by atoms with Crippen molar-refractivity contribution in [3.05, 3.63) is 0 Å². The molecule has 0 N–H and O–H groups in total. The number of carbonyl (C=O) groups excluding carboxylic acids is 1. The third kappa shape index (κ3) is 3.37. The molecule has 0 atom stereocenters. The van der Waals surface area contributed by atoms with E-state index in [-0.39, 0.29) is 0 Å². The van der Waals surface area contributed by atoms with E-state index in [9.17, 15) is 4.79 Å². The lowest BCUT2D eigenvalue weighted by Crippen LogP contribution is -2.47. The van der Waals surface area contributed by atoms with Gasteiger partial charge in [0.05, 0.1) is 0 Å². The fraction of sp³-hybridized carbons (Fsp3) is 0.929. The molecule has 2 nitrogen and oxygen atoms in total. The second-order valence-corrected chi connectivity index (χ2v) is 5.87. The van der Waals surface area contributed by atoms with Gasteiger partial charge in [-0.25, -0.2) is 0 Å². The number of rotatable bonds is 5. The minimum atomic E-state index is 0.319. The maximum Gasteiger partial charge on any atom is 0.225 e. The van der Waals surface area contributed by atoms with Gasteiger partial charge in [0, 0.05) is 24.4 Å². The summed E-state index contributed by atoms with van der Waals surface area (Å²) in [4.78, 5) is 14.7. The molecular weight excluding hydrogens is 234 g/mol. The average Bonchev–Trinajstić information content (AvgIpc) is 2.32. The van der Waals surface area contributed by atoms with Crippen LogP contribution in [-0.2, 0) is 4.79 Å². The number of hydrogen-bond donors (Lipinski definition) is 0. The molecule has 2 fully saturated rings. The topological polar surface area (TPSA) is 20.3 Å². The zero-order valence-electron chi connectivity index (χ0n) is 10.7. The van der Waals surface area contributed by atoms with Crippen molar-refractivity contribution in [1.82, 2.24) is 4.90 Å². The molecule has 0 bridgehead atoms. The lowest BCUT2D eigenvalue weighted by Gasteiger charge is -2.40. The Morgan fingerprint density at radius 2 is 1.76 bits per heavy atom. The molecule has 0 saturated heterocycles. The maximum atomic E-state index is 12.5. The predicted molar refractivity (Wildman–Crippen MR) is 71.3 cm³/mol. The maximum absolute atomic E-state index is 12.5. The van der Waals surface area contributed by atoms with Crippen molar-refractivity contribution in [3.63, 3.8) is 0 Å². The van der Waals surface area contributed by atoms with Crippen LogP contribution in [0.3, 0.4) is 0 Å². The van der Waals surface area contributed by atoms with Crippen molar-refractivity contribution < 1.29 is 4.79 Å². The molecule has 2 aliphatic carbocycles. The van der Waals surface area contributed by atoms with Crippen LogP contribution in [-0.4, -0.2) is 29.3 Å². The summed E-state index contributed by atoms with van der Waals surface area (Å²) in [6, 6.07) is 0.535. The first-order chi connectivity index (χ1) is 8.33. The molecule has 3 heteroatoms. The smallest absolute Gasteiger partial charge is 0.225 e. The van der Waals surface area contributed by atoms with Gasteiger partial charge >= 0.3 is 0 Å². The van der Waals surface area contributed by atoms with Crippen molar-refractivity contribution in [3.8, 4) is 0 Å². The predicted octanol–water partition coefficient (Wildman–Crippen LogP) is 3.58. The van der Waals surface area contributed by atoms with Crippen LogP contribution in [0, 0.1) is 5.92 Å². The molecule has 0 aromatic heterocycles. The van der Waals surface area contributed by atoms with Gasteiger partial charge in [-0.1, -0.05) is 19.3 Å². The molecule has 0 spiro atoms. The molecule has 1 amide bonds. The van der Waals surface area contributed by atoms with Gasteiger partial charge in [-0.3, -0.25) is 4.79 Å². The van der Waals surface area contributed by atoms with Gasteiger partial charge in [0.1, 0.15) is 0 Å². The van der Waals surface area contributed by atoms with Crippen molar-refractivity contribution in [2.24, 2.45) is 5.92 Å². The van der Waals surface area contributed by atoms with Crippen molar-refractivity contribution in [2.45, 2.75) is 63.8 Å². The second kappa shape index (κ2) is 6.63. The van der Waals surface area contributed by atoms with Crippen LogP contribution in [0.1, 0.15) is 57.8 Å². The van der Waals surface area contributed by atoms with Crippen LogP contribution < -0.4 is 0 Å². The highest BCUT2D eigenvalue weighted by atomic mass is 35.5. The Labute approximate surface area is 110 Å². The molecule has 98 valence electrons. The highest BCUT2D eigenvalue weighted by Crippen LogP contribution is 2.30. The zero-order chi connectivity index (χ0) is 12.1. The van der Waals surface area contributed by atoms with Crippen LogP contribution in [0.15, 0.2) is 0 Å².